The Morgan fingerprint density at radius 1 is 1.13 bits per heavy atom. The third kappa shape index (κ3) is 4.30. The molecule has 1 fully saturated rings. The van der Waals surface area contributed by atoms with Gasteiger partial charge in [0.15, 0.2) is 5.65 Å². The van der Waals surface area contributed by atoms with Gasteiger partial charge in [0.1, 0.15) is 0 Å². The number of benzene rings is 1. The average molecular weight is 430 g/mol. The van der Waals surface area contributed by atoms with Crippen LogP contribution in [0.15, 0.2) is 41.6 Å². The first kappa shape index (κ1) is 20.7. The van der Waals surface area contributed by atoms with E-state index in [0.29, 0.717) is 23.6 Å². The lowest BCUT2D eigenvalue weighted by molar-refractivity contribution is 0.288. The van der Waals surface area contributed by atoms with Crippen molar-refractivity contribution >= 4 is 32.7 Å². The van der Waals surface area contributed by atoms with Crippen LogP contribution in [0.5, 0.6) is 0 Å². The number of anilines is 2. The maximum atomic E-state index is 12.2. The number of fused-ring (bicyclic) bond motifs is 1. The molecule has 0 radical (unpaired) electrons. The third-order valence-electron chi connectivity index (χ3n) is 5.59. The van der Waals surface area contributed by atoms with Gasteiger partial charge in [0, 0.05) is 38.6 Å². The van der Waals surface area contributed by atoms with Gasteiger partial charge >= 0.3 is 0 Å². The third-order valence-corrected chi connectivity index (χ3v) is 7.42. The lowest BCUT2D eigenvalue weighted by Crippen LogP contribution is -2.28. The number of aromatic nitrogens is 4. The zero-order valence-electron chi connectivity index (χ0n) is 17.2. The van der Waals surface area contributed by atoms with Gasteiger partial charge in [-0.3, -0.25) is 0 Å². The molecule has 160 valence electrons. The van der Waals surface area contributed by atoms with Crippen molar-refractivity contribution in [3.05, 3.63) is 36.7 Å². The predicted octanol–water partition coefficient (Wildman–Crippen LogP) is 2.34. The zero-order chi connectivity index (χ0) is 21.3. The van der Waals surface area contributed by atoms with Crippen LogP contribution in [0.25, 0.3) is 11.0 Å². The van der Waals surface area contributed by atoms with Crippen LogP contribution in [0.1, 0.15) is 25.7 Å². The van der Waals surface area contributed by atoms with Crippen LogP contribution in [0.4, 0.5) is 11.6 Å². The Morgan fingerprint density at radius 3 is 2.50 bits per heavy atom. The molecule has 4 rings (SSSR count). The molecular formula is C20H27N7O2S. The quantitative estimate of drug-likeness (QED) is 0.617. The van der Waals surface area contributed by atoms with Crippen LogP contribution in [-0.4, -0.2) is 52.6 Å². The molecule has 1 aromatic carbocycles. The van der Waals surface area contributed by atoms with Gasteiger partial charge in [0.25, 0.3) is 0 Å². The molecule has 0 aliphatic heterocycles. The summed E-state index contributed by atoms with van der Waals surface area (Å²) in [6, 6.07) is 6.86. The summed E-state index contributed by atoms with van der Waals surface area (Å²) in [7, 11) is -0.438. The van der Waals surface area contributed by atoms with E-state index in [9.17, 15) is 8.42 Å². The average Bonchev–Trinajstić information content (AvgIpc) is 3.12. The van der Waals surface area contributed by atoms with Crippen LogP contribution in [-0.2, 0) is 16.6 Å². The first-order valence-electron chi connectivity index (χ1n) is 10.1. The molecule has 0 amide bonds. The highest BCUT2D eigenvalue weighted by molar-refractivity contribution is 7.89. The lowest BCUT2D eigenvalue weighted by Gasteiger charge is -2.25. The van der Waals surface area contributed by atoms with Crippen LogP contribution < -0.4 is 11.1 Å². The lowest BCUT2D eigenvalue weighted by atomic mass is 9.86. The Hall–Kier alpha value is -2.56. The summed E-state index contributed by atoms with van der Waals surface area (Å²) >= 11 is 0. The normalized spacial score (nSPS) is 20.0. The molecule has 1 aliphatic carbocycles. The van der Waals surface area contributed by atoms with Gasteiger partial charge in [-0.1, -0.05) is 0 Å². The van der Waals surface area contributed by atoms with Gasteiger partial charge in [-0.05, 0) is 55.9 Å². The van der Waals surface area contributed by atoms with Crippen LogP contribution in [0, 0.1) is 5.92 Å². The molecule has 1 saturated carbocycles. The van der Waals surface area contributed by atoms with Gasteiger partial charge in [0.2, 0.25) is 16.0 Å². The molecule has 3 N–H and O–H groups in total. The monoisotopic (exact) mass is 429 g/mol. The van der Waals surface area contributed by atoms with Crippen molar-refractivity contribution in [3.8, 4) is 0 Å². The highest BCUT2D eigenvalue weighted by Crippen LogP contribution is 2.26. The first-order chi connectivity index (χ1) is 14.3. The number of nitrogens with two attached hydrogens (primary N) is 1. The van der Waals surface area contributed by atoms with Crippen LogP contribution >= 0.6 is 0 Å². The number of nitrogens with zero attached hydrogens (tertiary/aromatic N) is 5. The Morgan fingerprint density at radius 2 is 1.83 bits per heavy atom. The summed E-state index contributed by atoms with van der Waals surface area (Å²) in [5.74, 6) is 1.00. The standard InChI is InChI=1S/C20H27N7O2S/c1-26(2)30(28,29)18-9-7-17(8-10-18)24-20-22-11-15-12-23-27(19(15)25-20)13-14-3-5-16(21)6-4-14/h7-12,14,16H,3-6,13,21H2,1-2H3,(H,22,24,25). The number of nitrogens with one attached hydrogen (secondary N) is 1. The number of hydrogen-bond acceptors (Lipinski definition) is 7. The van der Waals surface area contributed by atoms with E-state index in [0.717, 1.165) is 43.3 Å². The maximum Gasteiger partial charge on any atom is 0.242 e. The summed E-state index contributed by atoms with van der Waals surface area (Å²) in [5, 5.41) is 8.53. The Balaban J connectivity index is 1.51. The van der Waals surface area contributed by atoms with E-state index < -0.39 is 10.0 Å². The minimum absolute atomic E-state index is 0.236. The summed E-state index contributed by atoms with van der Waals surface area (Å²) in [6.45, 7) is 0.823. The molecule has 1 aliphatic rings. The van der Waals surface area contributed by atoms with E-state index in [4.69, 9.17) is 5.73 Å². The largest absolute Gasteiger partial charge is 0.328 e. The summed E-state index contributed by atoms with van der Waals surface area (Å²) in [5.41, 5.74) is 7.51. The summed E-state index contributed by atoms with van der Waals surface area (Å²) in [4.78, 5) is 9.23. The van der Waals surface area contributed by atoms with E-state index in [1.54, 1.807) is 36.7 Å². The molecule has 0 atom stereocenters. The van der Waals surface area contributed by atoms with E-state index in [-0.39, 0.29) is 4.90 Å². The molecule has 2 aromatic heterocycles. The second-order valence-electron chi connectivity index (χ2n) is 8.02. The smallest absolute Gasteiger partial charge is 0.242 e. The second kappa shape index (κ2) is 8.29. The predicted molar refractivity (Wildman–Crippen MR) is 116 cm³/mol. The van der Waals surface area contributed by atoms with Crippen molar-refractivity contribution < 1.29 is 8.42 Å². The van der Waals surface area contributed by atoms with E-state index in [1.165, 1.54) is 18.4 Å². The molecular weight excluding hydrogens is 402 g/mol. The number of hydrogen-bond donors (Lipinski definition) is 2. The summed E-state index contributed by atoms with van der Waals surface area (Å²) in [6.07, 6.45) is 7.88. The highest BCUT2D eigenvalue weighted by atomic mass is 32.2. The Labute approximate surface area is 176 Å². The molecule has 9 nitrogen and oxygen atoms in total. The first-order valence-corrected chi connectivity index (χ1v) is 11.5. The molecule has 0 spiro atoms. The number of sulfonamides is 1. The molecule has 10 heteroatoms. The van der Waals surface area contributed by atoms with Crippen LogP contribution in [0.3, 0.4) is 0 Å². The topological polar surface area (TPSA) is 119 Å². The molecule has 0 saturated heterocycles. The van der Waals surface area contributed by atoms with Gasteiger partial charge in [-0.15, -0.1) is 0 Å². The Kier molecular flexibility index (Phi) is 5.72. The minimum Gasteiger partial charge on any atom is -0.328 e. The molecule has 0 unspecified atom stereocenters. The van der Waals surface area contributed by atoms with Crippen molar-refractivity contribution in [2.75, 3.05) is 19.4 Å². The van der Waals surface area contributed by atoms with Gasteiger partial charge in [-0.2, -0.15) is 10.1 Å². The van der Waals surface area contributed by atoms with Crippen molar-refractivity contribution in [1.82, 2.24) is 24.1 Å². The molecule has 0 bridgehead atoms. The highest BCUT2D eigenvalue weighted by Gasteiger charge is 2.20. The van der Waals surface area contributed by atoms with Gasteiger partial charge in [0.05, 0.1) is 16.5 Å². The van der Waals surface area contributed by atoms with Crippen molar-refractivity contribution in [2.45, 2.75) is 43.2 Å². The van der Waals surface area contributed by atoms with Gasteiger partial charge < -0.3 is 11.1 Å². The summed E-state index contributed by atoms with van der Waals surface area (Å²) < 4.78 is 27.5. The van der Waals surface area contributed by atoms with E-state index in [1.807, 2.05) is 4.68 Å². The SMILES string of the molecule is CN(C)S(=O)(=O)c1ccc(Nc2ncc3cnn(CC4CCC(N)CC4)c3n2)cc1. The fourth-order valence-corrected chi connectivity index (χ4v) is 4.63. The maximum absolute atomic E-state index is 12.2. The fraction of sp³-hybridized carbons (Fsp3) is 0.450. The molecule has 2 heterocycles. The van der Waals surface area contributed by atoms with E-state index >= 15 is 0 Å². The Bertz CT molecular complexity index is 1120. The molecule has 30 heavy (non-hydrogen) atoms. The van der Waals surface area contributed by atoms with E-state index in [2.05, 4.69) is 20.4 Å². The van der Waals surface area contributed by atoms with Crippen molar-refractivity contribution in [2.24, 2.45) is 11.7 Å². The molecule has 3 aromatic rings. The zero-order valence-corrected chi connectivity index (χ0v) is 18.0. The minimum atomic E-state index is -3.46. The van der Waals surface area contributed by atoms with Crippen LogP contribution in [0.2, 0.25) is 0 Å². The van der Waals surface area contributed by atoms with Crippen molar-refractivity contribution in [3.63, 3.8) is 0 Å². The van der Waals surface area contributed by atoms with Crippen molar-refractivity contribution in [1.29, 1.82) is 0 Å². The fourth-order valence-electron chi connectivity index (χ4n) is 3.73. The van der Waals surface area contributed by atoms with Gasteiger partial charge in [-0.25, -0.2) is 22.4 Å². The number of rotatable bonds is 6. The second-order valence-corrected chi connectivity index (χ2v) is 10.2.